The Balaban J connectivity index is 3.01. The highest BCUT2D eigenvalue weighted by atomic mass is 28.3. The highest BCUT2D eigenvalue weighted by Gasteiger charge is 2.15. The molecule has 0 atom stereocenters. The third-order valence-electron chi connectivity index (χ3n) is 1.47. The van der Waals surface area contributed by atoms with Crippen molar-refractivity contribution in [1.29, 1.82) is 5.26 Å². The van der Waals surface area contributed by atoms with E-state index in [1.807, 2.05) is 12.3 Å². The predicted molar refractivity (Wildman–Crippen MR) is 45.7 cm³/mol. The van der Waals surface area contributed by atoms with Crippen molar-refractivity contribution in [3.05, 3.63) is 18.2 Å². The second-order valence-electron chi connectivity index (χ2n) is 3.45. The monoisotopic (exact) mass is 165 g/mol. The summed E-state index contributed by atoms with van der Waals surface area (Å²) in [6.45, 7) is 6.61. The number of hydrogen-bond donors (Lipinski definition) is 0. The van der Waals surface area contributed by atoms with Gasteiger partial charge in [-0.3, -0.25) is 0 Å². The molecule has 0 aliphatic carbocycles. The van der Waals surface area contributed by atoms with Crippen molar-refractivity contribution in [2.45, 2.75) is 19.6 Å². The number of nitrogens with zero attached hydrogens (tertiary/aromatic N) is 3. The minimum atomic E-state index is -1.33. The first kappa shape index (κ1) is 8.02. The lowest BCUT2D eigenvalue weighted by Crippen LogP contribution is -2.30. The van der Waals surface area contributed by atoms with E-state index >= 15 is 0 Å². The minimum absolute atomic E-state index is 0.507. The van der Waals surface area contributed by atoms with E-state index in [0.717, 1.165) is 0 Å². The summed E-state index contributed by atoms with van der Waals surface area (Å²) in [6, 6.07) is 2.01. The van der Waals surface area contributed by atoms with Gasteiger partial charge in [-0.25, -0.2) is 4.98 Å². The summed E-state index contributed by atoms with van der Waals surface area (Å²) in [6.07, 6.45) is 3.55. The molecule has 1 rings (SSSR count). The molecule has 58 valence electrons. The van der Waals surface area contributed by atoms with E-state index in [2.05, 4.69) is 28.9 Å². The first-order chi connectivity index (χ1) is 5.04. The van der Waals surface area contributed by atoms with Crippen LogP contribution in [0.1, 0.15) is 5.69 Å². The number of hydrogen-bond acceptors (Lipinski definition) is 2. The van der Waals surface area contributed by atoms with Gasteiger partial charge in [0.2, 0.25) is 0 Å². The van der Waals surface area contributed by atoms with Crippen molar-refractivity contribution < 1.29 is 0 Å². The van der Waals surface area contributed by atoms with Gasteiger partial charge in [0.25, 0.3) is 0 Å². The van der Waals surface area contributed by atoms with Crippen LogP contribution in [-0.2, 0) is 0 Å². The largest absolute Gasteiger partial charge is 0.364 e. The van der Waals surface area contributed by atoms with E-state index in [9.17, 15) is 0 Å². The second-order valence-corrected chi connectivity index (χ2v) is 8.31. The molecule has 4 heteroatoms. The molecular formula is C7H11N3Si. The van der Waals surface area contributed by atoms with Crippen molar-refractivity contribution in [3.63, 3.8) is 0 Å². The van der Waals surface area contributed by atoms with Crippen molar-refractivity contribution in [2.75, 3.05) is 0 Å². The van der Waals surface area contributed by atoms with E-state index in [4.69, 9.17) is 5.26 Å². The Kier molecular flexibility index (Phi) is 1.83. The highest BCUT2D eigenvalue weighted by molar-refractivity contribution is 6.74. The maximum atomic E-state index is 8.51. The molecule has 0 unspecified atom stereocenters. The molecule has 0 aliphatic rings. The normalized spacial score (nSPS) is 11.1. The van der Waals surface area contributed by atoms with Gasteiger partial charge in [0.15, 0.2) is 13.9 Å². The molecule has 0 aromatic carbocycles. The summed E-state index contributed by atoms with van der Waals surface area (Å²) in [7, 11) is -1.33. The molecule has 0 saturated carbocycles. The molecular weight excluding hydrogens is 154 g/mol. The Morgan fingerprint density at radius 2 is 2.18 bits per heavy atom. The van der Waals surface area contributed by atoms with Crippen LogP contribution in [0.4, 0.5) is 0 Å². The standard InChI is InChI=1S/C7H11N3Si/c1-11(2,3)10-5-7(4-8)9-6-10/h5-6H,1-3H3. The smallest absolute Gasteiger partial charge is 0.157 e. The molecule has 0 radical (unpaired) electrons. The summed E-state index contributed by atoms with van der Waals surface area (Å²) in [5.74, 6) is 0. The lowest BCUT2D eigenvalue weighted by atomic mass is 10.6. The Hall–Kier alpha value is -1.08. The molecule has 0 fully saturated rings. The van der Waals surface area contributed by atoms with Crippen LogP contribution in [0.15, 0.2) is 12.5 Å². The average Bonchev–Trinajstić information content (AvgIpc) is 2.32. The van der Waals surface area contributed by atoms with E-state index in [1.165, 1.54) is 0 Å². The fourth-order valence-corrected chi connectivity index (χ4v) is 1.66. The maximum Gasteiger partial charge on any atom is 0.157 e. The van der Waals surface area contributed by atoms with Gasteiger partial charge in [-0.15, -0.1) is 0 Å². The number of nitriles is 1. The van der Waals surface area contributed by atoms with Gasteiger partial charge in [0, 0.05) is 6.20 Å². The Morgan fingerprint density at radius 3 is 2.45 bits per heavy atom. The lowest BCUT2D eigenvalue weighted by Gasteiger charge is -2.16. The maximum absolute atomic E-state index is 8.51. The van der Waals surface area contributed by atoms with Crippen molar-refractivity contribution in [2.24, 2.45) is 0 Å². The van der Waals surface area contributed by atoms with Crippen molar-refractivity contribution in [1.82, 2.24) is 9.22 Å². The van der Waals surface area contributed by atoms with Crippen LogP contribution in [0.2, 0.25) is 19.6 Å². The highest BCUT2D eigenvalue weighted by Crippen LogP contribution is 2.06. The Bertz CT molecular complexity index is 289. The minimum Gasteiger partial charge on any atom is -0.364 e. The van der Waals surface area contributed by atoms with E-state index in [-0.39, 0.29) is 0 Å². The van der Waals surface area contributed by atoms with E-state index < -0.39 is 8.24 Å². The number of imidazole rings is 1. The van der Waals surface area contributed by atoms with Crippen molar-refractivity contribution >= 4 is 8.24 Å². The SMILES string of the molecule is C[Si](C)(C)n1cnc(C#N)c1. The third-order valence-corrected chi connectivity index (χ3v) is 3.27. The van der Waals surface area contributed by atoms with Gasteiger partial charge in [-0.1, -0.05) is 19.6 Å². The molecule has 1 aromatic rings. The molecule has 0 saturated heterocycles. The zero-order valence-corrected chi connectivity index (χ0v) is 8.00. The second kappa shape index (κ2) is 2.51. The number of rotatable bonds is 1. The number of aromatic nitrogens is 2. The molecule has 0 aliphatic heterocycles. The van der Waals surface area contributed by atoms with Crippen molar-refractivity contribution in [3.8, 4) is 6.07 Å². The Labute approximate surface area is 67.4 Å². The molecule has 0 bridgehead atoms. The van der Waals surface area contributed by atoms with Crippen LogP contribution in [0.3, 0.4) is 0 Å². The molecule has 1 heterocycles. The molecule has 3 nitrogen and oxygen atoms in total. The lowest BCUT2D eigenvalue weighted by molar-refractivity contribution is 1.12. The van der Waals surface area contributed by atoms with Gasteiger partial charge in [0.05, 0.1) is 6.33 Å². The van der Waals surface area contributed by atoms with E-state index in [1.54, 1.807) is 6.33 Å². The summed E-state index contributed by atoms with van der Waals surface area (Å²) >= 11 is 0. The van der Waals surface area contributed by atoms with Gasteiger partial charge < -0.3 is 4.23 Å². The molecule has 11 heavy (non-hydrogen) atoms. The molecule has 0 spiro atoms. The summed E-state index contributed by atoms with van der Waals surface area (Å²) < 4.78 is 2.06. The summed E-state index contributed by atoms with van der Waals surface area (Å²) in [5.41, 5.74) is 0.507. The zero-order chi connectivity index (χ0) is 8.48. The van der Waals surface area contributed by atoms with Gasteiger partial charge in [0.1, 0.15) is 6.07 Å². The van der Waals surface area contributed by atoms with Gasteiger partial charge in [-0.05, 0) is 0 Å². The molecule has 0 amide bonds. The van der Waals surface area contributed by atoms with Crippen LogP contribution < -0.4 is 0 Å². The van der Waals surface area contributed by atoms with E-state index in [0.29, 0.717) is 5.69 Å². The van der Waals surface area contributed by atoms with Crippen LogP contribution >= 0.6 is 0 Å². The average molecular weight is 165 g/mol. The fraction of sp³-hybridized carbons (Fsp3) is 0.429. The summed E-state index contributed by atoms with van der Waals surface area (Å²) in [4.78, 5) is 3.94. The summed E-state index contributed by atoms with van der Waals surface area (Å²) in [5, 5.41) is 8.51. The fourth-order valence-electron chi connectivity index (χ4n) is 0.747. The third kappa shape index (κ3) is 1.68. The first-order valence-electron chi connectivity index (χ1n) is 3.48. The quantitative estimate of drug-likeness (QED) is 0.591. The van der Waals surface area contributed by atoms with Crippen LogP contribution in [0.5, 0.6) is 0 Å². The first-order valence-corrected chi connectivity index (χ1v) is 6.93. The van der Waals surface area contributed by atoms with Crippen LogP contribution in [-0.4, -0.2) is 17.5 Å². The molecule has 1 aromatic heterocycles. The van der Waals surface area contributed by atoms with Gasteiger partial charge in [-0.2, -0.15) is 5.26 Å². The Morgan fingerprint density at radius 1 is 1.55 bits per heavy atom. The predicted octanol–water partition coefficient (Wildman–Crippen LogP) is 1.44. The van der Waals surface area contributed by atoms with Gasteiger partial charge >= 0.3 is 0 Å². The zero-order valence-electron chi connectivity index (χ0n) is 7.00. The topological polar surface area (TPSA) is 41.6 Å². The van der Waals surface area contributed by atoms with Crippen LogP contribution in [0.25, 0.3) is 0 Å². The van der Waals surface area contributed by atoms with Crippen LogP contribution in [0, 0.1) is 11.3 Å². The molecule has 0 N–H and O–H groups in total.